The molecule has 0 aromatic heterocycles. The lowest BCUT2D eigenvalue weighted by atomic mass is 10.2. The predicted octanol–water partition coefficient (Wildman–Crippen LogP) is 3.05. The SMILES string of the molecule is C#Cc1ccc(N=S(=O)(F)N2CCC[C@H]2C)cc1. The molecule has 1 fully saturated rings. The highest BCUT2D eigenvalue weighted by molar-refractivity contribution is 7.86. The van der Waals surface area contributed by atoms with Gasteiger partial charge < -0.3 is 0 Å². The third-order valence-electron chi connectivity index (χ3n) is 3.03. The molecule has 0 bridgehead atoms. The molecule has 3 nitrogen and oxygen atoms in total. The van der Waals surface area contributed by atoms with Gasteiger partial charge in [-0.2, -0.15) is 12.9 Å². The summed E-state index contributed by atoms with van der Waals surface area (Å²) in [6.07, 6.45) is 6.93. The maximum absolute atomic E-state index is 14.2. The van der Waals surface area contributed by atoms with E-state index in [2.05, 4.69) is 10.3 Å². The Morgan fingerprint density at radius 2 is 2.17 bits per heavy atom. The highest BCUT2D eigenvalue weighted by atomic mass is 32.3. The van der Waals surface area contributed by atoms with E-state index in [0.29, 0.717) is 17.8 Å². The van der Waals surface area contributed by atoms with Crippen LogP contribution in [0, 0.1) is 12.3 Å². The van der Waals surface area contributed by atoms with Crippen LogP contribution in [0.2, 0.25) is 0 Å². The van der Waals surface area contributed by atoms with Crippen molar-refractivity contribution in [3.05, 3.63) is 29.8 Å². The molecule has 1 unspecified atom stereocenters. The molecule has 1 aromatic carbocycles. The smallest absolute Gasteiger partial charge is 0.199 e. The minimum Gasteiger partial charge on any atom is -0.199 e. The van der Waals surface area contributed by atoms with Crippen molar-refractivity contribution in [3.63, 3.8) is 0 Å². The summed E-state index contributed by atoms with van der Waals surface area (Å²) in [6.45, 7) is 2.35. The topological polar surface area (TPSA) is 32.7 Å². The first-order valence-corrected chi connectivity index (χ1v) is 7.20. The lowest BCUT2D eigenvalue weighted by Crippen LogP contribution is -2.30. The Kier molecular flexibility index (Phi) is 3.69. The zero-order chi connectivity index (χ0) is 13.2. The molecule has 0 radical (unpaired) electrons. The molecular formula is C13H15FN2OS. The first kappa shape index (κ1) is 13.1. The van der Waals surface area contributed by atoms with E-state index in [1.807, 2.05) is 6.92 Å². The van der Waals surface area contributed by atoms with Crippen molar-refractivity contribution >= 4 is 16.0 Å². The van der Waals surface area contributed by atoms with Crippen LogP contribution in [0.4, 0.5) is 9.57 Å². The molecule has 0 aliphatic carbocycles. The van der Waals surface area contributed by atoms with E-state index in [9.17, 15) is 8.09 Å². The Hall–Kier alpha value is -1.38. The van der Waals surface area contributed by atoms with E-state index < -0.39 is 10.3 Å². The maximum Gasteiger partial charge on any atom is 0.276 e. The third-order valence-corrected chi connectivity index (χ3v) is 4.59. The summed E-state index contributed by atoms with van der Waals surface area (Å²) in [7, 11) is -3.83. The Balaban J connectivity index is 2.30. The van der Waals surface area contributed by atoms with Gasteiger partial charge in [-0.15, -0.1) is 10.3 Å². The van der Waals surface area contributed by atoms with Crippen LogP contribution in [0.5, 0.6) is 0 Å². The second kappa shape index (κ2) is 5.09. The van der Waals surface area contributed by atoms with E-state index in [4.69, 9.17) is 6.42 Å². The molecule has 1 aliphatic rings. The summed E-state index contributed by atoms with van der Waals surface area (Å²) < 4.78 is 31.2. The van der Waals surface area contributed by atoms with Gasteiger partial charge in [-0.25, -0.2) is 0 Å². The summed E-state index contributed by atoms with van der Waals surface area (Å²) in [5.41, 5.74) is 1.04. The Morgan fingerprint density at radius 3 is 2.67 bits per heavy atom. The minimum absolute atomic E-state index is 0.0313. The molecule has 1 saturated heterocycles. The molecule has 1 heterocycles. The van der Waals surface area contributed by atoms with Crippen molar-refractivity contribution < 1.29 is 8.09 Å². The minimum atomic E-state index is -3.83. The Bertz CT molecular complexity index is 582. The van der Waals surface area contributed by atoms with Crippen LogP contribution >= 0.6 is 0 Å². The second-order valence-electron chi connectivity index (χ2n) is 4.35. The second-order valence-corrected chi connectivity index (χ2v) is 5.86. The molecule has 0 spiro atoms. The fourth-order valence-electron chi connectivity index (χ4n) is 2.04. The van der Waals surface area contributed by atoms with Crippen LogP contribution in [0.3, 0.4) is 0 Å². The first-order chi connectivity index (χ1) is 8.53. The highest BCUT2D eigenvalue weighted by Crippen LogP contribution is 2.26. The van der Waals surface area contributed by atoms with Crippen LogP contribution < -0.4 is 0 Å². The monoisotopic (exact) mass is 266 g/mol. The molecule has 0 amide bonds. The maximum atomic E-state index is 14.2. The number of hydrogen-bond donors (Lipinski definition) is 0. The zero-order valence-corrected chi connectivity index (χ0v) is 11.0. The van der Waals surface area contributed by atoms with Crippen LogP contribution in [-0.4, -0.2) is 21.1 Å². The number of rotatable bonds is 2. The van der Waals surface area contributed by atoms with Gasteiger partial charge >= 0.3 is 0 Å². The van der Waals surface area contributed by atoms with E-state index >= 15 is 0 Å². The Morgan fingerprint density at radius 1 is 1.50 bits per heavy atom. The number of hydrogen-bond acceptors (Lipinski definition) is 2. The quantitative estimate of drug-likeness (QED) is 0.598. The van der Waals surface area contributed by atoms with Crippen molar-refractivity contribution in [2.75, 3.05) is 6.54 Å². The van der Waals surface area contributed by atoms with Crippen molar-refractivity contribution in [1.29, 1.82) is 0 Å². The molecule has 0 N–H and O–H groups in total. The molecule has 2 rings (SSSR count). The fraction of sp³-hybridized carbons (Fsp3) is 0.385. The highest BCUT2D eigenvalue weighted by Gasteiger charge is 2.29. The summed E-state index contributed by atoms with van der Waals surface area (Å²) in [6, 6.07) is 6.43. The van der Waals surface area contributed by atoms with E-state index in [1.165, 1.54) is 4.31 Å². The molecule has 5 heteroatoms. The molecule has 1 aromatic rings. The normalized spacial score (nSPS) is 23.3. The van der Waals surface area contributed by atoms with Gasteiger partial charge in [0.1, 0.15) is 0 Å². The van der Waals surface area contributed by atoms with Gasteiger partial charge in [-0.3, -0.25) is 0 Å². The van der Waals surface area contributed by atoms with E-state index in [-0.39, 0.29) is 6.04 Å². The van der Waals surface area contributed by atoms with Crippen molar-refractivity contribution in [1.82, 2.24) is 4.31 Å². The molecule has 0 saturated carbocycles. The molecular weight excluding hydrogens is 251 g/mol. The van der Waals surface area contributed by atoms with Crippen LogP contribution in [-0.2, 0) is 10.3 Å². The van der Waals surface area contributed by atoms with Gasteiger partial charge in [0.05, 0.1) is 5.69 Å². The summed E-state index contributed by atoms with van der Waals surface area (Å²) in [5, 5.41) is 0. The lowest BCUT2D eigenvalue weighted by Gasteiger charge is -2.18. The average Bonchev–Trinajstić information content (AvgIpc) is 2.77. The number of terminal acetylenes is 1. The van der Waals surface area contributed by atoms with Crippen LogP contribution in [0.25, 0.3) is 0 Å². The Labute approximate surface area is 108 Å². The molecule has 1 aliphatic heterocycles. The van der Waals surface area contributed by atoms with Gasteiger partial charge in [-0.1, -0.05) is 5.92 Å². The first-order valence-electron chi connectivity index (χ1n) is 5.83. The summed E-state index contributed by atoms with van der Waals surface area (Å²) >= 11 is 0. The van der Waals surface area contributed by atoms with Gasteiger partial charge in [0.2, 0.25) is 0 Å². The number of benzene rings is 1. The molecule has 18 heavy (non-hydrogen) atoms. The number of halogens is 1. The van der Waals surface area contributed by atoms with Crippen molar-refractivity contribution in [2.45, 2.75) is 25.8 Å². The largest absolute Gasteiger partial charge is 0.276 e. The lowest BCUT2D eigenvalue weighted by molar-refractivity contribution is 0.414. The van der Waals surface area contributed by atoms with Gasteiger partial charge in [0.15, 0.2) is 0 Å². The molecule has 96 valence electrons. The van der Waals surface area contributed by atoms with Crippen molar-refractivity contribution in [2.24, 2.45) is 4.36 Å². The molecule has 2 atom stereocenters. The summed E-state index contributed by atoms with van der Waals surface area (Å²) in [4.78, 5) is 0. The average molecular weight is 266 g/mol. The van der Waals surface area contributed by atoms with Crippen LogP contribution in [0.15, 0.2) is 28.6 Å². The number of nitrogens with zero attached hydrogens (tertiary/aromatic N) is 2. The summed E-state index contributed by atoms with van der Waals surface area (Å²) in [5.74, 6) is 2.46. The van der Waals surface area contributed by atoms with E-state index in [1.54, 1.807) is 24.3 Å². The third kappa shape index (κ3) is 2.71. The van der Waals surface area contributed by atoms with Gasteiger partial charge in [0, 0.05) is 18.2 Å². The van der Waals surface area contributed by atoms with Crippen molar-refractivity contribution in [3.8, 4) is 12.3 Å². The fourth-order valence-corrected chi connectivity index (χ4v) is 3.43. The van der Waals surface area contributed by atoms with E-state index in [0.717, 1.165) is 12.8 Å². The predicted molar refractivity (Wildman–Crippen MR) is 71.1 cm³/mol. The zero-order valence-electron chi connectivity index (χ0n) is 10.2. The van der Waals surface area contributed by atoms with Gasteiger partial charge in [0.25, 0.3) is 10.3 Å². The van der Waals surface area contributed by atoms with Crippen LogP contribution in [0.1, 0.15) is 25.3 Å². The standard InChI is InChI=1S/C13H15FN2OS/c1-3-12-6-8-13(9-7-12)15-18(14,17)16-10-4-5-11(16)2/h1,6-9,11H,4-5,10H2,2H3/t11-,18?/m1/s1. The van der Waals surface area contributed by atoms with Gasteiger partial charge in [-0.05, 0) is 44.0 Å².